The first kappa shape index (κ1) is 35.4. The second kappa shape index (κ2) is 12.6. The average Bonchev–Trinajstić information content (AvgIpc) is 3.85. The highest BCUT2D eigenvalue weighted by Crippen LogP contribution is 2.65. The maximum atomic E-state index is 15.2. The van der Waals surface area contributed by atoms with Crippen molar-refractivity contribution in [2.75, 3.05) is 16.9 Å². The molecule has 4 aliphatic rings. The molecule has 2 aliphatic heterocycles. The number of aryl methyl sites for hydroxylation is 3. The van der Waals surface area contributed by atoms with Gasteiger partial charge in [0.2, 0.25) is 23.6 Å². The zero-order chi connectivity index (χ0) is 38.7. The smallest absolute Gasteiger partial charge is 0.242 e. The molecule has 6 unspecified atom stereocenters. The highest BCUT2D eigenvalue weighted by Gasteiger charge is 2.68. The van der Waals surface area contributed by atoms with Gasteiger partial charge in [-0.15, -0.1) is 11.3 Å². The molecule has 10 nitrogen and oxygen atoms in total. The number of imide groups is 2. The molecule has 0 spiro atoms. The third-order valence-electron chi connectivity index (χ3n) is 12.7. The van der Waals surface area contributed by atoms with Crippen molar-refractivity contribution in [1.29, 1.82) is 0 Å². The summed E-state index contributed by atoms with van der Waals surface area (Å²) in [5.41, 5.74) is 3.09. The van der Waals surface area contributed by atoms with Gasteiger partial charge in [0, 0.05) is 34.3 Å². The van der Waals surface area contributed by atoms with Gasteiger partial charge in [0.1, 0.15) is 11.5 Å². The molecule has 6 atom stereocenters. The van der Waals surface area contributed by atoms with Crippen molar-refractivity contribution in [3.8, 4) is 22.1 Å². The Bertz CT molecular complexity index is 2520. The van der Waals surface area contributed by atoms with E-state index in [1.54, 1.807) is 54.3 Å². The van der Waals surface area contributed by atoms with Crippen LogP contribution in [0.1, 0.15) is 49.3 Å². The number of phenolic OH excluding ortho intramolecular Hbond substituents is 1. The van der Waals surface area contributed by atoms with Crippen molar-refractivity contribution in [1.82, 2.24) is 9.78 Å². The molecule has 2 aliphatic carbocycles. The fourth-order valence-electron chi connectivity index (χ4n) is 9.87. The molecule has 5 aromatic rings. The Balaban J connectivity index is 1.16. The number of amides is 4. The van der Waals surface area contributed by atoms with E-state index in [0.29, 0.717) is 34.2 Å². The number of hydrogen-bond acceptors (Lipinski definition) is 8. The van der Waals surface area contributed by atoms with E-state index in [4.69, 9.17) is 21.4 Å². The normalized spacial score (nSPS) is 26.1. The number of fused-ring (bicyclic) bond motifs is 5. The Hall–Kier alpha value is -5.26. The molecule has 4 heterocycles. The number of carbonyl (C=O) groups is 4. The van der Waals surface area contributed by atoms with Crippen LogP contribution in [0, 0.1) is 36.0 Å². The molecule has 12 heteroatoms. The molecule has 1 saturated carbocycles. The molecular formula is C43H39ClN4O6S. The molecule has 9 rings (SSSR count). The van der Waals surface area contributed by atoms with Crippen LogP contribution in [0.25, 0.3) is 20.7 Å². The number of nitrogens with zero attached hydrogens (tertiary/aromatic N) is 4. The van der Waals surface area contributed by atoms with Gasteiger partial charge in [-0.05, 0) is 91.9 Å². The predicted octanol–water partition coefficient (Wildman–Crippen LogP) is 7.98. The van der Waals surface area contributed by atoms with Crippen molar-refractivity contribution in [3.63, 3.8) is 0 Å². The summed E-state index contributed by atoms with van der Waals surface area (Å²) in [5, 5.41) is 18.1. The molecular weight excluding hydrogens is 736 g/mol. The summed E-state index contributed by atoms with van der Waals surface area (Å²) in [6.07, 6.45) is 3.29. The number of halogens is 1. The number of thiophene rings is 1. The Morgan fingerprint density at radius 3 is 2.47 bits per heavy atom. The Morgan fingerprint density at radius 2 is 1.75 bits per heavy atom. The lowest BCUT2D eigenvalue weighted by molar-refractivity contribution is -0.131. The molecule has 0 bridgehead atoms. The summed E-state index contributed by atoms with van der Waals surface area (Å²) in [5.74, 6) is -4.52. The quantitative estimate of drug-likeness (QED) is 0.137. The van der Waals surface area contributed by atoms with Gasteiger partial charge in [0.15, 0.2) is 11.5 Å². The summed E-state index contributed by atoms with van der Waals surface area (Å²) >= 11 is 7.89. The predicted molar refractivity (Wildman–Crippen MR) is 211 cm³/mol. The molecule has 3 aromatic carbocycles. The summed E-state index contributed by atoms with van der Waals surface area (Å²) in [6, 6.07) is 20.1. The van der Waals surface area contributed by atoms with Crippen LogP contribution in [0.2, 0.25) is 5.02 Å². The fraction of sp³-hybridized carbons (Fsp3) is 0.326. The van der Waals surface area contributed by atoms with Crippen LogP contribution in [-0.2, 0) is 32.6 Å². The monoisotopic (exact) mass is 774 g/mol. The lowest BCUT2D eigenvalue weighted by Gasteiger charge is -2.49. The van der Waals surface area contributed by atoms with E-state index < -0.39 is 46.8 Å². The van der Waals surface area contributed by atoms with Crippen LogP contribution in [0.4, 0.5) is 11.5 Å². The fourth-order valence-corrected chi connectivity index (χ4v) is 11.2. The molecule has 2 aromatic heterocycles. The van der Waals surface area contributed by atoms with Gasteiger partial charge in [-0.25, -0.2) is 4.90 Å². The zero-order valence-corrected chi connectivity index (χ0v) is 32.6. The van der Waals surface area contributed by atoms with E-state index in [9.17, 15) is 19.5 Å². The lowest BCUT2D eigenvalue weighted by atomic mass is 9.51. The summed E-state index contributed by atoms with van der Waals surface area (Å²) in [6.45, 7) is 5.85. The van der Waals surface area contributed by atoms with Crippen molar-refractivity contribution in [3.05, 3.63) is 100 Å². The van der Waals surface area contributed by atoms with Gasteiger partial charge in [-0.3, -0.25) is 28.8 Å². The number of benzene rings is 3. The van der Waals surface area contributed by atoms with Crippen LogP contribution in [0.15, 0.2) is 78.4 Å². The number of rotatable bonds is 6. The minimum atomic E-state index is -1.36. The number of carbonyl (C=O) groups excluding carboxylic acids is 4. The van der Waals surface area contributed by atoms with Crippen LogP contribution in [-0.4, -0.2) is 45.6 Å². The number of hydrogen-bond donors (Lipinski definition) is 1. The van der Waals surface area contributed by atoms with Gasteiger partial charge < -0.3 is 9.84 Å². The molecule has 55 heavy (non-hydrogen) atoms. The van der Waals surface area contributed by atoms with Crippen LogP contribution < -0.4 is 14.5 Å². The van der Waals surface area contributed by atoms with E-state index >= 15 is 4.79 Å². The molecule has 2 saturated heterocycles. The first-order chi connectivity index (χ1) is 26.4. The van der Waals surface area contributed by atoms with E-state index in [0.717, 1.165) is 38.1 Å². The Kier molecular flexibility index (Phi) is 8.15. The standard InChI is InChI=1S/C43H39ClN4O6S/c1-6-22-10-13-24(14-11-22)47-39(50)26-16-15-25-29(35(26)41(47)52)19-30-40(51)48(42(53)43(30,3)36(25)27-8-7-9-32(54-5)37(27)49)34-20-31(45-46(34)4)38-21(2)28-18-23(44)12-17-33(28)55-38/h7-15,17-18,20,26,29-30,35-36,49H,6,16,19H2,1-5H3. The van der Waals surface area contributed by atoms with Crippen molar-refractivity contribution in [2.45, 2.75) is 46.0 Å². The first-order valence-electron chi connectivity index (χ1n) is 18.5. The lowest BCUT2D eigenvalue weighted by Crippen LogP contribution is -2.49. The molecule has 0 radical (unpaired) electrons. The number of anilines is 2. The number of allylic oxidation sites excluding steroid dienone is 2. The minimum Gasteiger partial charge on any atom is -0.504 e. The number of aromatic hydroxyl groups is 1. The second-order valence-electron chi connectivity index (χ2n) is 15.3. The molecule has 3 fully saturated rings. The average molecular weight is 775 g/mol. The van der Waals surface area contributed by atoms with E-state index in [2.05, 4.69) is 0 Å². The van der Waals surface area contributed by atoms with Crippen molar-refractivity contribution in [2.24, 2.45) is 36.1 Å². The highest BCUT2D eigenvalue weighted by atomic mass is 35.5. The van der Waals surface area contributed by atoms with Gasteiger partial charge in [-0.2, -0.15) is 5.10 Å². The molecule has 280 valence electrons. The van der Waals surface area contributed by atoms with Gasteiger partial charge in [-0.1, -0.05) is 54.4 Å². The topological polar surface area (TPSA) is 122 Å². The summed E-state index contributed by atoms with van der Waals surface area (Å²) < 4.78 is 8.12. The number of methoxy groups -OCH3 is 1. The first-order valence-corrected chi connectivity index (χ1v) is 19.7. The molecule has 4 amide bonds. The van der Waals surface area contributed by atoms with Crippen LogP contribution in [0.5, 0.6) is 11.5 Å². The SMILES string of the molecule is CCc1ccc(N2C(=O)C3CC=C4C(CC5C(=O)N(c6cc(-c7sc8ccc(Cl)cc8c7C)nn6C)C(=O)C5(C)C4c4cccc(OC)c4O)C3C2=O)cc1. The van der Waals surface area contributed by atoms with E-state index in [1.807, 2.05) is 62.4 Å². The van der Waals surface area contributed by atoms with E-state index in [1.165, 1.54) is 16.9 Å². The largest absolute Gasteiger partial charge is 0.504 e. The zero-order valence-electron chi connectivity index (χ0n) is 31.0. The molecule has 1 N–H and O–H groups in total. The van der Waals surface area contributed by atoms with Gasteiger partial charge >= 0.3 is 0 Å². The maximum Gasteiger partial charge on any atom is 0.242 e. The van der Waals surface area contributed by atoms with Crippen LogP contribution >= 0.6 is 22.9 Å². The van der Waals surface area contributed by atoms with Gasteiger partial charge in [0.25, 0.3) is 0 Å². The summed E-state index contributed by atoms with van der Waals surface area (Å²) in [4.78, 5) is 62.1. The third kappa shape index (κ3) is 4.94. The van der Waals surface area contributed by atoms with Crippen molar-refractivity contribution >= 4 is 68.2 Å². The number of para-hydroxylation sites is 1. The minimum absolute atomic E-state index is 0.132. The second-order valence-corrected chi connectivity index (χ2v) is 16.8. The van der Waals surface area contributed by atoms with E-state index in [-0.39, 0.29) is 29.7 Å². The number of phenols is 1. The van der Waals surface area contributed by atoms with Gasteiger partial charge in [0.05, 0.1) is 40.8 Å². The number of ether oxygens (including phenoxy) is 1. The Labute approximate surface area is 326 Å². The highest BCUT2D eigenvalue weighted by molar-refractivity contribution is 7.22. The maximum absolute atomic E-state index is 15.2. The number of aromatic nitrogens is 2. The summed E-state index contributed by atoms with van der Waals surface area (Å²) in [7, 11) is 3.17. The van der Waals surface area contributed by atoms with Crippen molar-refractivity contribution < 1.29 is 29.0 Å². The Morgan fingerprint density at radius 1 is 0.982 bits per heavy atom. The third-order valence-corrected chi connectivity index (χ3v) is 14.2. The van der Waals surface area contributed by atoms with Crippen LogP contribution in [0.3, 0.4) is 0 Å².